The first-order valence-corrected chi connectivity index (χ1v) is 9.13. The number of aromatic nitrogens is 2. The molecule has 3 rings (SSSR count). The van der Waals surface area contributed by atoms with Crippen LogP contribution in [-0.4, -0.2) is 27.8 Å². The van der Waals surface area contributed by atoms with E-state index < -0.39 is 0 Å². The highest BCUT2D eigenvalue weighted by molar-refractivity contribution is 9.11. The lowest BCUT2D eigenvalue weighted by Gasteiger charge is -1.95. The van der Waals surface area contributed by atoms with Gasteiger partial charge in [-0.05, 0) is 40.9 Å². The molecule has 0 atom stereocenters. The van der Waals surface area contributed by atoms with Crippen LogP contribution in [0, 0.1) is 0 Å². The summed E-state index contributed by atoms with van der Waals surface area (Å²) in [5.74, 6) is 0.540. The fourth-order valence-corrected chi connectivity index (χ4v) is 4.52. The summed E-state index contributed by atoms with van der Waals surface area (Å²) >= 11 is 7.78. The summed E-state index contributed by atoms with van der Waals surface area (Å²) in [6.07, 6.45) is 2.43. The molecule has 1 aliphatic carbocycles. The van der Waals surface area contributed by atoms with Crippen LogP contribution in [0.1, 0.15) is 22.5 Å². The molecular weight excluding hydrogens is 366 g/mol. The Bertz CT molecular complexity index is 594. The van der Waals surface area contributed by atoms with Gasteiger partial charge in [-0.2, -0.15) is 0 Å². The number of ketones is 1. The average molecular weight is 376 g/mol. The second-order valence-electron chi connectivity index (χ2n) is 4.11. The fraction of sp³-hybridized carbons (Fsp3) is 0.364. The molecule has 4 nitrogen and oxygen atoms in total. The molecule has 0 saturated heterocycles. The van der Waals surface area contributed by atoms with Crippen LogP contribution in [0.25, 0.3) is 0 Å². The SMILES string of the molecule is O=C(CSc1nnc(NC2CC2)s1)c1ccc(Br)s1. The van der Waals surface area contributed by atoms with E-state index in [0.29, 0.717) is 11.8 Å². The number of carbonyl (C=O) groups is 1. The van der Waals surface area contributed by atoms with Crippen LogP contribution in [0.3, 0.4) is 0 Å². The van der Waals surface area contributed by atoms with Crippen molar-refractivity contribution in [1.29, 1.82) is 0 Å². The number of thiophene rings is 1. The van der Waals surface area contributed by atoms with E-state index in [2.05, 4.69) is 31.4 Å². The van der Waals surface area contributed by atoms with Crippen molar-refractivity contribution in [3.63, 3.8) is 0 Å². The number of anilines is 1. The second kappa shape index (κ2) is 5.90. The van der Waals surface area contributed by atoms with Crippen molar-refractivity contribution in [2.24, 2.45) is 0 Å². The number of halogens is 1. The zero-order valence-electron chi connectivity index (χ0n) is 9.76. The second-order valence-corrected chi connectivity index (χ2v) is 8.77. The topological polar surface area (TPSA) is 54.9 Å². The lowest BCUT2D eigenvalue weighted by atomic mass is 10.4. The number of thioether (sulfide) groups is 1. The van der Waals surface area contributed by atoms with Gasteiger partial charge in [-0.25, -0.2) is 0 Å². The van der Waals surface area contributed by atoms with Crippen LogP contribution in [0.15, 0.2) is 20.3 Å². The Morgan fingerprint density at radius 3 is 2.95 bits per heavy atom. The van der Waals surface area contributed by atoms with Gasteiger partial charge in [-0.15, -0.1) is 21.5 Å². The predicted molar refractivity (Wildman–Crippen MR) is 83.6 cm³/mol. The molecule has 1 saturated carbocycles. The summed E-state index contributed by atoms with van der Waals surface area (Å²) in [5, 5.41) is 12.3. The van der Waals surface area contributed by atoms with Crippen LogP contribution in [0.5, 0.6) is 0 Å². The molecule has 0 bridgehead atoms. The van der Waals surface area contributed by atoms with E-state index in [-0.39, 0.29) is 5.78 Å². The normalized spacial score (nSPS) is 14.6. The minimum atomic E-state index is 0.132. The Labute approximate surface area is 131 Å². The fourth-order valence-electron chi connectivity index (χ4n) is 1.39. The van der Waals surface area contributed by atoms with Gasteiger partial charge >= 0.3 is 0 Å². The minimum Gasteiger partial charge on any atom is -0.357 e. The van der Waals surface area contributed by atoms with E-state index >= 15 is 0 Å². The number of nitrogens with zero attached hydrogens (tertiary/aromatic N) is 2. The standard InChI is InChI=1S/C11H10BrN3OS3/c12-9-4-3-8(18-9)7(16)5-17-11-15-14-10(19-11)13-6-1-2-6/h3-4,6H,1-2,5H2,(H,13,14). The predicted octanol–water partition coefficient (Wildman–Crippen LogP) is 3.91. The van der Waals surface area contributed by atoms with Crippen LogP contribution >= 0.6 is 50.4 Å². The van der Waals surface area contributed by atoms with Gasteiger partial charge in [0.1, 0.15) is 0 Å². The highest BCUT2D eigenvalue weighted by atomic mass is 79.9. The van der Waals surface area contributed by atoms with E-state index in [1.54, 1.807) is 0 Å². The highest BCUT2D eigenvalue weighted by Gasteiger charge is 2.22. The third-order valence-corrected chi connectivity index (χ3v) is 6.14. The largest absolute Gasteiger partial charge is 0.357 e. The molecular formula is C11H10BrN3OS3. The monoisotopic (exact) mass is 375 g/mol. The quantitative estimate of drug-likeness (QED) is 0.612. The van der Waals surface area contributed by atoms with Crippen molar-refractivity contribution in [1.82, 2.24) is 10.2 Å². The van der Waals surface area contributed by atoms with E-state index in [0.717, 1.165) is 18.1 Å². The van der Waals surface area contributed by atoms with Gasteiger partial charge in [-0.3, -0.25) is 4.79 Å². The summed E-state index contributed by atoms with van der Waals surface area (Å²) in [5.41, 5.74) is 0. The maximum Gasteiger partial charge on any atom is 0.206 e. The first-order valence-electron chi connectivity index (χ1n) is 5.72. The van der Waals surface area contributed by atoms with Gasteiger partial charge in [0.05, 0.1) is 14.4 Å². The number of Topliss-reactive ketones (excluding diaryl/α,β-unsaturated/α-hetero) is 1. The van der Waals surface area contributed by atoms with Crippen LogP contribution in [0.4, 0.5) is 5.13 Å². The van der Waals surface area contributed by atoms with Crippen LogP contribution in [-0.2, 0) is 0 Å². The maximum atomic E-state index is 11.9. The van der Waals surface area contributed by atoms with Gasteiger partial charge in [0.2, 0.25) is 5.13 Å². The molecule has 19 heavy (non-hydrogen) atoms. The lowest BCUT2D eigenvalue weighted by Crippen LogP contribution is -1.99. The van der Waals surface area contributed by atoms with E-state index in [1.165, 1.54) is 47.3 Å². The van der Waals surface area contributed by atoms with Crippen LogP contribution in [0.2, 0.25) is 0 Å². The molecule has 2 aromatic rings. The minimum absolute atomic E-state index is 0.132. The summed E-state index contributed by atoms with van der Waals surface area (Å²) in [6, 6.07) is 4.32. The molecule has 0 aromatic carbocycles. The zero-order valence-corrected chi connectivity index (χ0v) is 13.8. The van der Waals surface area contributed by atoms with E-state index in [9.17, 15) is 4.79 Å². The summed E-state index contributed by atoms with van der Waals surface area (Å²) < 4.78 is 1.82. The molecule has 0 spiro atoms. The molecule has 0 amide bonds. The third-order valence-electron chi connectivity index (χ3n) is 2.49. The third kappa shape index (κ3) is 3.77. The van der Waals surface area contributed by atoms with E-state index in [4.69, 9.17) is 0 Å². The van der Waals surface area contributed by atoms with Gasteiger partial charge in [0.25, 0.3) is 0 Å². The maximum absolute atomic E-state index is 11.9. The number of nitrogens with one attached hydrogen (secondary N) is 1. The van der Waals surface area contributed by atoms with Gasteiger partial charge in [-0.1, -0.05) is 23.1 Å². The molecule has 0 unspecified atom stereocenters. The summed E-state index contributed by atoms with van der Waals surface area (Å²) in [6.45, 7) is 0. The molecule has 0 radical (unpaired) electrons. The Hall–Kier alpha value is -0.440. The van der Waals surface area contributed by atoms with Gasteiger partial charge in [0.15, 0.2) is 10.1 Å². The lowest BCUT2D eigenvalue weighted by molar-refractivity contribution is 0.102. The Morgan fingerprint density at radius 1 is 1.42 bits per heavy atom. The summed E-state index contributed by atoms with van der Waals surface area (Å²) in [7, 11) is 0. The Morgan fingerprint density at radius 2 is 2.26 bits per heavy atom. The Balaban J connectivity index is 1.53. The molecule has 1 N–H and O–H groups in total. The number of hydrogen-bond acceptors (Lipinski definition) is 7. The molecule has 0 aliphatic heterocycles. The molecule has 1 fully saturated rings. The van der Waals surface area contributed by atoms with Crippen molar-refractivity contribution in [3.8, 4) is 0 Å². The first-order chi connectivity index (χ1) is 9.20. The molecule has 8 heteroatoms. The van der Waals surface area contributed by atoms with Crippen LogP contribution < -0.4 is 5.32 Å². The molecule has 1 aliphatic rings. The average Bonchev–Trinajstić information content (AvgIpc) is 2.91. The van der Waals surface area contributed by atoms with Gasteiger partial charge < -0.3 is 5.32 Å². The van der Waals surface area contributed by atoms with E-state index in [1.807, 2.05) is 12.1 Å². The van der Waals surface area contributed by atoms with Gasteiger partial charge in [0, 0.05) is 6.04 Å². The summed E-state index contributed by atoms with van der Waals surface area (Å²) in [4.78, 5) is 12.7. The highest BCUT2D eigenvalue weighted by Crippen LogP contribution is 2.31. The van der Waals surface area contributed by atoms with Crippen molar-refractivity contribution >= 4 is 61.3 Å². The smallest absolute Gasteiger partial charge is 0.206 e. The molecule has 2 aromatic heterocycles. The van der Waals surface area contributed by atoms with Crippen molar-refractivity contribution in [2.45, 2.75) is 23.2 Å². The zero-order chi connectivity index (χ0) is 13.2. The molecule has 2 heterocycles. The number of carbonyl (C=O) groups excluding carboxylic acids is 1. The van der Waals surface area contributed by atoms with Crippen molar-refractivity contribution < 1.29 is 4.79 Å². The van der Waals surface area contributed by atoms with Crippen molar-refractivity contribution in [2.75, 3.05) is 11.1 Å². The molecule has 100 valence electrons. The first kappa shape index (κ1) is 13.5. The van der Waals surface area contributed by atoms with Crippen molar-refractivity contribution in [3.05, 3.63) is 20.8 Å². The number of hydrogen-bond donors (Lipinski definition) is 1. The number of rotatable bonds is 6. The Kier molecular flexibility index (Phi) is 4.21.